The van der Waals surface area contributed by atoms with Gasteiger partial charge in [0.1, 0.15) is 4.47 Å². The normalized spacial score (nSPS) is 12.3. The summed E-state index contributed by atoms with van der Waals surface area (Å²) in [6.45, 7) is 4.76. The second-order valence-electron chi connectivity index (χ2n) is 4.78. The number of aromatic nitrogens is 2. The third-order valence-electron chi connectivity index (χ3n) is 2.94. The fraction of sp³-hybridized carbons (Fsp3) is 0.429. The van der Waals surface area contributed by atoms with Crippen LogP contribution in [0.25, 0.3) is 0 Å². The number of nitrogens with one attached hydrogen (secondary N) is 1. The zero-order valence-corrected chi connectivity index (χ0v) is 14.0. The molecule has 1 atom stereocenters. The van der Waals surface area contributed by atoms with Crippen LogP contribution < -0.4 is 10.9 Å². The van der Waals surface area contributed by atoms with Crippen molar-refractivity contribution in [3.8, 4) is 0 Å². The summed E-state index contributed by atoms with van der Waals surface area (Å²) in [5.74, 6) is 0. The number of hydrogen-bond acceptors (Lipinski definition) is 4. The Kier molecular flexibility index (Phi) is 5.37. The Hall–Kier alpha value is -1.14. The average Bonchev–Trinajstić information content (AvgIpc) is 2.91. The van der Waals surface area contributed by atoms with E-state index in [4.69, 9.17) is 0 Å². The number of rotatable bonds is 6. The topological polar surface area (TPSA) is 46.9 Å². The van der Waals surface area contributed by atoms with E-state index >= 15 is 0 Å². The first kappa shape index (κ1) is 15.3. The molecule has 0 radical (unpaired) electrons. The molecular weight excluding hydrogens is 338 g/mol. The summed E-state index contributed by atoms with van der Waals surface area (Å²) in [5.41, 5.74) is 1.98. The molecule has 0 saturated heterocycles. The highest BCUT2D eigenvalue weighted by atomic mass is 79.9. The van der Waals surface area contributed by atoms with Crippen LogP contribution in [0.4, 0.5) is 5.69 Å². The lowest BCUT2D eigenvalue weighted by Gasteiger charge is -2.16. The van der Waals surface area contributed by atoms with Crippen molar-refractivity contribution in [2.75, 3.05) is 5.32 Å². The van der Waals surface area contributed by atoms with Crippen molar-refractivity contribution in [3.63, 3.8) is 0 Å². The minimum atomic E-state index is -0.0837. The summed E-state index contributed by atoms with van der Waals surface area (Å²) in [4.78, 5) is 12.1. The first-order valence-corrected chi connectivity index (χ1v) is 8.38. The number of thiophene rings is 1. The van der Waals surface area contributed by atoms with E-state index in [2.05, 4.69) is 50.1 Å². The predicted molar refractivity (Wildman–Crippen MR) is 87.6 cm³/mol. The summed E-state index contributed by atoms with van der Waals surface area (Å²) < 4.78 is 2.04. The Balaban J connectivity index is 2.09. The molecule has 0 aliphatic rings. The highest BCUT2D eigenvalue weighted by Crippen LogP contribution is 2.18. The highest BCUT2D eigenvalue weighted by molar-refractivity contribution is 9.10. The Morgan fingerprint density at radius 2 is 2.35 bits per heavy atom. The van der Waals surface area contributed by atoms with Crippen molar-refractivity contribution < 1.29 is 0 Å². The quantitative estimate of drug-likeness (QED) is 0.862. The van der Waals surface area contributed by atoms with Crippen LogP contribution in [0.1, 0.15) is 25.8 Å². The van der Waals surface area contributed by atoms with Crippen LogP contribution in [0.15, 0.2) is 32.3 Å². The molecule has 0 amide bonds. The summed E-state index contributed by atoms with van der Waals surface area (Å²) in [6.07, 6.45) is 3.53. The monoisotopic (exact) mass is 355 g/mol. The van der Waals surface area contributed by atoms with Gasteiger partial charge in [0.05, 0.1) is 11.9 Å². The molecule has 0 bridgehead atoms. The van der Waals surface area contributed by atoms with Crippen molar-refractivity contribution in [2.45, 2.75) is 39.3 Å². The lowest BCUT2D eigenvalue weighted by atomic mass is 10.1. The Labute approximate surface area is 131 Å². The van der Waals surface area contributed by atoms with E-state index in [0.717, 1.165) is 18.5 Å². The molecule has 4 nitrogen and oxygen atoms in total. The molecule has 20 heavy (non-hydrogen) atoms. The first-order valence-electron chi connectivity index (χ1n) is 6.65. The van der Waals surface area contributed by atoms with Crippen molar-refractivity contribution >= 4 is 33.0 Å². The van der Waals surface area contributed by atoms with Gasteiger partial charge in [-0.15, -0.1) is 0 Å². The molecule has 2 aromatic rings. The van der Waals surface area contributed by atoms with Gasteiger partial charge >= 0.3 is 0 Å². The molecule has 6 heteroatoms. The van der Waals surface area contributed by atoms with Gasteiger partial charge in [0, 0.05) is 12.6 Å². The van der Waals surface area contributed by atoms with Crippen LogP contribution in [0, 0.1) is 0 Å². The van der Waals surface area contributed by atoms with Crippen molar-refractivity contribution in [3.05, 3.63) is 43.4 Å². The Morgan fingerprint density at radius 1 is 1.55 bits per heavy atom. The van der Waals surface area contributed by atoms with Crippen LogP contribution in [-0.4, -0.2) is 15.8 Å². The van der Waals surface area contributed by atoms with E-state index < -0.39 is 0 Å². The Bertz CT molecular complexity index is 609. The predicted octanol–water partition coefficient (Wildman–Crippen LogP) is 3.52. The number of halogens is 1. The maximum absolute atomic E-state index is 12.1. The number of anilines is 1. The van der Waals surface area contributed by atoms with Crippen molar-refractivity contribution in [1.29, 1.82) is 0 Å². The van der Waals surface area contributed by atoms with Crippen LogP contribution in [0.3, 0.4) is 0 Å². The standard InChI is InChI=1S/C14H18BrN3OS/c1-3-5-18-14(19)13(15)12(8-16-18)17-10(2)7-11-4-6-20-9-11/h4,6,8-10,17H,3,5,7H2,1-2H3. The lowest BCUT2D eigenvalue weighted by Crippen LogP contribution is -2.26. The summed E-state index contributed by atoms with van der Waals surface area (Å²) in [7, 11) is 0. The van der Waals surface area contributed by atoms with E-state index in [1.165, 1.54) is 10.2 Å². The second-order valence-corrected chi connectivity index (χ2v) is 6.35. The minimum absolute atomic E-state index is 0.0837. The fourth-order valence-corrected chi connectivity index (χ4v) is 3.12. The van der Waals surface area contributed by atoms with E-state index in [1.807, 2.05) is 6.92 Å². The molecule has 0 aliphatic heterocycles. The van der Waals surface area contributed by atoms with Gasteiger partial charge in [0.15, 0.2) is 0 Å². The number of nitrogens with zero attached hydrogens (tertiary/aromatic N) is 2. The zero-order chi connectivity index (χ0) is 14.5. The van der Waals surface area contributed by atoms with Gasteiger partial charge in [0.25, 0.3) is 5.56 Å². The van der Waals surface area contributed by atoms with Crippen molar-refractivity contribution in [2.24, 2.45) is 0 Å². The van der Waals surface area contributed by atoms with Gasteiger partial charge < -0.3 is 5.32 Å². The number of hydrogen-bond donors (Lipinski definition) is 1. The number of aryl methyl sites for hydroxylation is 1. The highest BCUT2D eigenvalue weighted by Gasteiger charge is 2.11. The third-order valence-corrected chi connectivity index (χ3v) is 4.44. The molecule has 0 aliphatic carbocycles. The fourth-order valence-electron chi connectivity index (χ4n) is 2.02. The van der Waals surface area contributed by atoms with E-state index in [0.29, 0.717) is 11.0 Å². The van der Waals surface area contributed by atoms with Gasteiger partial charge in [-0.3, -0.25) is 4.79 Å². The smallest absolute Gasteiger partial charge is 0.283 e. The van der Waals surface area contributed by atoms with Gasteiger partial charge in [0.2, 0.25) is 0 Å². The maximum atomic E-state index is 12.1. The summed E-state index contributed by atoms with van der Waals surface area (Å²) >= 11 is 5.07. The van der Waals surface area contributed by atoms with Gasteiger partial charge in [-0.1, -0.05) is 6.92 Å². The Morgan fingerprint density at radius 3 is 3.00 bits per heavy atom. The van der Waals surface area contributed by atoms with Crippen LogP contribution in [0.5, 0.6) is 0 Å². The van der Waals surface area contributed by atoms with E-state index in [1.54, 1.807) is 17.5 Å². The molecular formula is C14H18BrN3OS. The summed E-state index contributed by atoms with van der Waals surface area (Å²) in [5, 5.41) is 11.8. The molecule has 2 aromatic heterocycles. The second kappa shape index (κ2) is 7.04. The van der Waals surface area contributed by atoms with E-state index in [-0.39, 0.29) is 11.6 Å². The van der Waals surface area contributed by atoms with Gasteiger partial charge in [-0.25, -0.2) is 4.68 Å². The van der Waals surface area contributed by atoms with Crippen LogP contribution in [0.2, 0.25) is 0 Å². The van der Waals surface area contributed by atoms with Crippen LogP contribution >= 0.6 is 27.3 Å². The third kappa shape index (κ3) is 3.70. The zero-order valence-electron chi connectivity index (χ0n) is 11.6. The molecule has 0 aromatic carbocycles. The van der Waals surface area contributed by atoms with Crippen LogP contribution in [-0.2, 0) is 13.0 Å². The molecule has 2 rings (SSSR count). The van der Waals surface area contributed by atoms with Gasteiger partial charge in [-0.05, 0) is 58.1 Å². The molecule has 0 saturated carbocycles. The SMILES string of the molecule is CCCn1ncc(NC(C)Cc2ccsc2)c(Br)c1=O. The maximum Gasteiger partial charge on any atom is 0.283 e. The molecule has 0 spiro atoms. The van der Waals surface area contributed by atoms with Crippen molar-refractivity contribution in [1.82, 2.24) is 9.78 Å². The molecule has 108 valence electrons. The first-order chi connectivity index (χ1) is 9.61. The van der Waals surface area contributed by atoms with Gasteiger partial charge in [-0.2, -0.15) is 16.4 Å². The average molecular weight is 356 g/mol. The minimum Gasteiger partial charge on any atom is -0.380 e. The molecule has 2 heterocycles. The summed E-state index contributed by atoms with van der Waals surface area (Å²) in [6, 6.07) is 2.36. The molecule has 1 N–H and O–H groups in total. The molecule has 0 fully saturated rings. The molecule has 1 unspecified atom stereocenters. The largest absolute Gasteiger partial charge is 0.380 e. The lowest BCUT2D eigenvalue weighted by molar-refractivity contribution is 0.565. The van der Waals surface area contributed by atoms with E-state index in [9.17, 15) is 4.79 Å².